The average Bonchev–Trinajstić information content (AvgIpc) is 2.31. The van der Waals surface area contributed by atoms with Gasteiger partial charge in [-0.05, 0) is 19.4 Å². The van der Waals surface area contributed by atoms with Crippen LogP contribution in [0.1, 0.15) is 18.1 Å². The molecule has 0 saturated carbocycles. The van der Waals surface area contributed by atoms with Crippen molar-refractivity contribution in [1.82, 2.24) is 5.32 Å². The lowest BCUT2D eigenvalue weighted by Gasteiger charge is -2.10. The normalized spacial score (nSPS) is 11.7. The number of aliphatic carboxylic acids is 1. The minimum atomic E-state index is -1.14. The lowest BCUT2D eigenvalue weighted by Crippen LogP contribution is -2.39. The van der Waals surface area contributed by atoms with Gasteiger partial charge >= 0.3 is 5.97 Å². The molecule has 1 aromatic carbocycles. The molecule has 1 amide bonds. The second-order valence-corrected chi connectivity index (χ2v) is 4.12. The van der Waals surface area contributed by atoms with E-state index in [4.69, 9.17) is 5.11 Å². The molecule has 1 rings (SSSR count). The number of carbonyl (C=O) groups excluding carboxylic acids is 1. The number of carbonyl (C=O) groups is 2. The van der Waals surface area contributed by atoms with E-state index in [1.54, 1.807) is 13.0 Å². The van der Waals surface area contributed by atoms with Crippen LogP contribution in [0.5, 0.6) is 0 Å². The van der Waals surface area contributed by atoms with Crippen LogP contribution in [-0.2, 0) is 16.0 Å². The highest BCUT2D eigenvalue weighted by Gasteiger charge is 2.18. The minimum Gasteiger partial charge on any atom is -0.480 e. The highest BCUT2D eigenvalue weighted by atomic mass is 16.6. The van der Waals surface area contributed by atoms with E-state index in [9.17, 15) is 19.7 Å². The molecule has 1 atom stereocenters. The van der Waals surface area contributed by atoms with Gasteiger partial charge in [0, 0.05) is 11.6 Å². The topological polar surface area (TPSA) is 110 Å². The van der Waals surface area contributed by atoms with Gasteiger partial charge in [-0.2, -0.15) is 0 Å². The average molecular weight is 266 g/mol. The number of nitrogens with one attached hydrogen (secondary N) is 1. The number of hydrogen-bond acceptors (Lipinski definition) is 4. The number of hydrogen-bond donors (Lipinski definition) is 2. The molecule has 1 aromatic rings. The number of rotatable bonds is 5. The van der Waals surface area contributed by atoms with Crippen molar-refractivity contribution in [3.8, 4) is 0 Å². The monoisotopic (exact) mass is 266 g/mol. The first-order valence-electron chi connectivity index (χ1n) is 5.58. The zero-order valence-electron chi connectivity index (χ0n) is 10.5. The zero-order chi connectivity index (χ0) is 14.6. The molecule has 0 heterocycles. The third kappa shape index (κ3) is 3.77. The van der Waals surface area contributed by atoms with Crippen LogP contribution in [-0.4, -0.2) is 27.9 Å². The second-order valence-electron chi connectivity index (χ2n) is 4.12. The third-order valence-electron chi connectivity index (χ3n) is 2.71. The van der Waals surface area contributed by atoms with Gasteiger partial charge in [-0.15, -0.1) is 0 Å². The van der Waals surface area contributed by atoms with Crippen LogP contribution >= 0.6 is 0 Å². The fraction of sp³-hybridized carbons (Fsp3) is 0.333. The maximum Gasteiger partial charge on any atom is 0.325 e. The number of carboxylic acids is 1. The molecule has 0 spiro atoms. The standard InChI is InChI=1S/C12H14N2O5/c1-7-9(4-3-5-10(7)14(18)19)6-11(15)13-8(2)12(16)17/h3-5,8H,6H2,1-2H3,(H,13,15)(H,16,17)/t8-/m0/s1. The molecule has 2 N–H and O–H groups in total. The summed E-state index contributed by atoms with van der Waals surface area (Å²) in [6.07, 6.45) is -0.0921. The minimum absolute atomic E-state index is 0.0587. The van der Waals surface area contributed by atoms with Crippen molar-refractivity contribution in [2.45, 2.75) is 26.3 Å². The van der Waals surface area contributed by atoms with Crippen molar-refractivity contribution in [2.24, 2.45) is 0 Å². The predicted molar refractivity (Wildman–Crippen MR) is 66.8 cm³/mol. The molecule has 0 radical (unpaired) electrons. The van der Waals surface area contributed by atoms with E-state index in [1.165, 1.54) is 19.1 Å². The molecule has 102 valence electrons. The molecule has 19 heavy (non-hydrogen) atoms. The number of nitrogens with zero attached hydrogens (tertiary/aromatic N) is 1. The maximum atomic E-state index is 11.6. The Morgan fingerprint density at radius 2 is 2.11 bits per heavy atom. The predicted octanol–water partition coefficient (Wildman–Crippen LogP) is 1.04. The van der Waals surface area contributed by atoms with Gasteiger partial charge in [0.2, 0.25) is 5.91 Å². The molecule has 0 saturated heterocycles. The van der Waals surface area contributed by atoms with Gasteiger partial charge in [0.05, 0.1) is 11.3 Å². The first kappa shape index (κ1) is 14.6. The number of carboxylic acid groups (broad SMARTS) is 1. The number of benzene rings is 1. The van der Waals surface area contributed by atoms with Gasteiger partial charge in [0.1, 0.15) is 6.04 Å². The molecule has 0 aliphatic heterocycles. The van der Waals surface area contributed by atoms with Crippen LogP contribution < -0.4 is 5.32 Å². The van der Waals surface area contributed by atoms with Crippen molar-refractivity contribution in [3.05, 3.63) is 39.4 Å². The summed E-state index contributed by atoms with van der Waals surface area (Å²) >= 11 is 0. The lowest BCUT2D eigenvalue weighted by molar-refractivity contribution is -0.385. The van der Waals surface area contributed by atoms with E-state index in [1.807, 2.05) is 0 Å². The Hall–Kier alpha value is -2.44. The fourth-order valence-electron chi connectivity index (χ4n) is 1.59. The highest BCUT2D eigenvalue weighted by molar-refractivity contribution is 5.84. The van der Waals surface area contributed by atoms with Crippen LogP contribution in [0.3, 0.4) is 0 Å². The van der Waals surface area contributed by atoms with E-state index in [2.05, 4.69) is 5.32 Å². The highest BCUT2D eigenvalue weighted by Crippen LogP contribution is 2.21. The molecule has 0 fully saturated rings. The summed E-state index contributed by atoms with van der Waals surface area (Å²) in [5, 5.41) is 21.7. The van der Waals surface area contributed by atoms with Crippen molar-refractivity contribution >= 4 is 17.6 Å². The SMILES string of the molecule is Cc1c(CC(=O)N[C@@H](C)C(=O)O)cccc1[N+](=O)[O-]. The van der Waals surface area contributed by atoms with Crippen LogP contribution in [0.15, 0.2) is 18.2 Å². The fourth-order valence-corrected chi connectivity index (χ4v) is 1.59. The number of nitro benzene ring substituents is 1. The Kier molecular flexibility index (Phi) is 4.57. The lowest BCUT2D eigenvalue weighted by atomic mass is 10.0. The maximum absolute atomic E-state index is 11.6. The molecule has 0 aromatic heterocycles. The van der Waals surface area contributed by atoms with Crippen LogP contribution in [0.25, 0.3) is 0 Å². The quantitative estimate of drug-likeness (QED) is 0.611. The van der Waals surface area contributed by atoms with E-state index < -0.39 is 22.8 Å². The number of amides is 1. The van der Waals surface area contributed by atoms with Gasteiger partial charge < -0.3 is 10.4 Å². The van der Waals surface area contributed by atoms with Crippen molar-refractivity contribution in [2.75, 3.05) is 0 Å². The van der Waals surface area contributed by atoms with E-state index in [0.29, 0.717) is 11.1 Å². The summed E-state index contributed by atoms with van der Waals surface area (Å²) < 4.78 is 0. The summed E-state index contributed by atoms with van der Waals surface area (Å²) in [7, 11) is 0. The summed E-state index contributed by atoms with van der Waals surface area (Å²) in [5.74, 6) is -1.62. The Morgan fingerprint density at radius 1 is 1.47 bits per heavy atom. The van der Waals surface area contributed by atoms with E-state index >= 15 is 0 Å². The van der Waals surface area contributed by atoms with Crippen LogP contribution in [0, 0.1) is 17.0 Å². The zero-order valence-corrected chi connectivity index (χ0v) is 10.5. The molecular formula is C12H14N2O5. The summed E-state index contributed by atoms with van der Waals surface area (Å²) in [6.45, 7) is 2.90. The van der Waals surface area contributed by atoms with Gasteiger partial charge in [-0.1, -0.05) is 12.1 Å². The van der Waals surface area contributed by atoms with Crippen LogP contribution in [0.4, 0.5) is 5.69 Å². The summed E-state index contributed by atoms with van der Waals surface area (Å²) in [4.78, 5) is 32.4. The Morgan fingerprint density at radius 3 is 2.63 bits per heavy atom. The van der Waals surface area contributed by atoms with E-state index in [0.717, 1.165) is 0 Å². The van der Waals surface area contributed by atoms with Gasteiger partial charge in [0.15, 0.2) is 0 Å². The third-order valence-corrected chi connectivity index (χ3v) is 2.71. The van der Waals surface area contributed by atoms with E-state index in [-0.39, 0.29) is 12.1 Å². The smallest absolute Gasteiger partial charge is 0.325 e. The molecule has 7 heteroatoms. The van der Waals surface area contributed by atoms with Crippen LogP contribution in [0.2, 0.25) is 0 Å². The Bertz CT molecular complexity index is 527. The first-order valence-corrected chi connectivity index (χ1v) is 5.58. The van der Waals surface area contributed by atoms with Crippen molar-refractivity contribution in [3.63, 3.8) is 0 Å². The van der Waals surface area contributed by atoms with Crippen molar-refractivity contribution in [1.29, 1.82) is 0 Å². The second kappa shape index (κ2) is 5.94. The van der Waals surface area contributed by atoms with Gasteiger partial charge in [0.25, 0.3) is 5.69 Å². The first-order chi connectivity index (χ1) is 8.82. The molecule has 0 aliphatic carbocycles. The summed E-state index contributed by atoms with van der Waals surface area (Å²) in [5.41, 5.74) is 0.853. The molecule has 0 unspecified atom stereocenters. The molecular weight excluding hydrogens is 252 g/mol. The number of nitro groups is 1. The van der Waals surface area contributed by atoms with Gasteiger partial charge in [-0.25, -0.2) is 0 Å². The Labute approximate surface area is 109 Å². The Balaban J connectivity index is 2.83. The summed E-state index contributed by atoms with van der Waals surface area (Å²) in [6, 6.07) is 3.46. The molecule has 0 aliphatic rings. The van der Waals surface area contributed by atoms with Crippen molar-refractivity contribution < 1.29 is 19.6 Å². The molecule has 7 nitrogen and oxygen atoms in total. The van der Waals surface area contributed by atoms with Gasteiger partial charge in [-0.3, -0.25) is 19.7 Å². The molecule has 0 bridgehead atoms. The largest absolute Gasteiger partial charge is 0.480 e.